The molecule has 0 N–H and O–H groups in total. The zero-order valence-corrected chi connectivity index (χ0v) is 10.5. The minimum absolute atomic E-state index is 0.145. The van der Waals surface area contributed by atoms with Crippen molar-refractivity contribution in [2.45, 2.75) is 0 Å². The average Bonchev–Trinajstić information content (AvgIpc) is 2.46. The Hall–Kier alpha value is -2.43. The molecule has 1 heterocycles. The number of methoxy groups -OCH3 is 2. The Morgan fingerprint density at radius 1 is 1.26 bits per heavy atom. The summed E-state index contributed by atoms with van der Waals surface area (Å²) in [6, 6.07) is 7.75. The molecule has 0 radical (unpaired) electrons. The first-order chi connectivity index (χ1) is 9.17. The van der Waals surface area contributed by atoms with Crippen LogP contribution in [0.1, 0.15) is 10.4 Å². The zero-order chi connectivity index (χ0) is 13.8. The van der Waals surface area contributed by atoms with E-state index in [0.717, 1.165) is 0 Å². The molecule has 5 heteroatoms. The lowest BCUT2D eigenvalue weighted by Gasteiger charge is -2.08. The minimum atomic E-state index is -0.581. The normalized spacial score (nSPS) is 10.1. The lowest BCUT2D eigenvalue weighted by atomic mass is 10.1. The molecule has 19 heavy (non-hydrogen) atoms. The Bertz CT molecular complexity index is 613. The van der Waals surface area contributed by atoms with E-state index in [1.165, 1.54) is 32.5 Å². The second kappa shape index (κ2) is 5.48. The molecule has 0 unspecified atom stereocenters. The van der Waals surface area contributed by atoms with Crippen LogP contribution in [0, 0.1) is 5.82 Å². The van der Waals surface area contributed by atoms with Gasteiger partial charge in [0, 0.05) is 17.3 Å². The molecule has 98 valence electrons. The Labute approximate surface area is 109 Å². The number of hydrogen-bond donors (Lipinski definition) is 0. The summed E-state index contributed by atoms with van der Waals surface area (Å²) in [7, 11) is 2.66. The molecule has 0 atom stereocenters. The van der Waals surface area contributed by atoms with Gasteiger partial charge in [-0.2, -0.15) is 0 Å². The summed E-state index contributed by atoms with van der Waals surface area (Å²) in [6.07, 6.45) is 1.45. The van der Waals surface area contributed by atoms with Gasteiger partial charge < -0.3 is 9.47 Å². The number of ether oxygens (including phenoxy) is 2. The fourth-order valence-electron chi connectivity index (χ4n) is 1.71. The summed E-state index contributed by atoms with van der Waals surface area (Å²) in [6.45, 7) is 0. The highest BCUT2D eigenvalue weighted by Gasteiger charge is 2.16. The number of pyridine rings is 1. The van der Waals surface area contributed by atoms with Crippen LogP contribution in [0.15, 0.2) is 36.5 Å². The van der Waals surface area contributed by atoms with Gasteiger partial charge in [0.2, 0.25) is 5.88 Å². The molecule has 2 aromatic rings. The van der Waals surface area contributed by atoms with Gasteiger partial charge in [-0.25, -0.2) is 14.2 Å². The van der Waals surface area contributed by atoms with Gasteiger partial charge in [0.15, 0.2) is 0 Å². The molecule has 0 fully saturated rings. The summed E-state index contributed by atoms with van der Waals surface area (Å²) in [4.78, 5) is 15.6. The highest BCUT2D eigenvalue weighted by atomic mass is 19.1. The van der Waals surface area contributed by atoms with Crippen molar-refractivity contribution in [1.29, 1.82) is 0 Å². The van der Waals surface area contributed by atoms with E-state index in [1.54, 1.807) is 18.2 Å². The van der Waals surface area contributed by atoms with Gasteiger partial charge in [0.05, 0.1) is 14.2 Å². The summed E-state index contributed by atoms with van der Waals surface area (Å²) in [5.74, 6) is -0.820. The molecule has 0 amide bonds. The SMILES string of the molecule is COC(=O)c1cc(-c2ccccc2F)cnc1OC. The number of hydrogen-bond acceptors (Lipinski definition) is 4. The Kier molecular flexibility index (Phi) is 3.75. The van der Waals surface area contributed by atoms with Crippen molar-refractivity contribution < 1.29 is 18.7 Å². The molecule has 4 nitrogen and oxygen atoms in total. The van der Waals surface area contributed by atoms with Gasteiger partial charge in [-0.3, -0.25) is 0 Å². The van der Waals surface area contributed by atoms with Crippen LogP contribution in [-0.4, -0.2) is 25.2 Å². The topological polar surface area (TPSA) is 48.4 Å². The second-order valence-electron chi connectivity index (χ2n) is 3.75. The summed E-state index contributed by atoms with van der Waals surface area (Å²) in [5, 5.41) is 0. The van der Waals surface area contributed by atoms with Crippen LogP contribution >= 0.6 is 0 Å². The first-order valence-electron chi connectivity index (χ1n) is 5.54. The fraction of sp³-hybridized carbons (Fsp3) is 0.143. The van der Waals surface area contributed by atoms with Crippen molar-refractivity contribution in [3.63, 3.8) is 0 Å². The maximum atomic E-state index is 13.7. The largest absolute Gasteiger partial charge is 0.480 e. The first-order valence-corrected chi connectivity index (χ1v) is 5.54. The smallest absolute Gasteiger partial charge is 0.343 e. The van der Waals surface area contributed by atoms with Gasteiger partial charge in [0.25, 0.3) is 0 Å². The van der Waals surface area contributed by atoms with Gasteiger partial charge in [-0.05, 0) is 12.1 Å². The Balaban J connectivity index is 2.55. The quantitative estimate of drug-likeness (QED) is 0.797. The van der Waals surface area contributed by atoms with Gasteiger partial charge in [-0.15, -0.1) is 0 Å². The van der Waals surface area contributed by atoms with E-state index < -0.39 is 5.97 Å². The predicted molar refractivity (Wildman–Crippen MR) is 67.5 cm³/mol. The van der Waals surface area contributed by atoms with Crippen molar-refractivity contribution in [1.82, 2.24) is 4.98 Å². The van der Waals surface area contributed by atoms with E-state index in [0.29, 0.717) is 11.1 Å². The van der Waals surface area contributed by atoms with Crippen LogP contribution < -0.4 is 4.74 Å². The molecule has 0 aliphatic heterocycles. The third-order valence-corrected chi connectivity index (χ3v) is 2.63. The van der Waals surface area contributed by atoms with Gasteiger partial charge >= 0.3 is 5.97 Å². The third kappa shape index (κ3) is 2.54. The first kappa shape index (κ1) is 13.0. The molecule has 0 saturated carbocycles. The van der Waals surface area contributed by atoms with E-state index in [4.69, 9.17) is 4.74 Å². The summed E-state index contributed by atoms with van der Waals surface area (Å²) >= 11 is 0. The van der Waals surface area contributed by atoms with Crippen LogP contribution in [0.4, 0.5) is 4.39 Å². The lowest BCUT2D eigenvalue weighted by Crippen LogP contribution is -2.06. The van der Waals surface area contributed by atoms with Crippen molar-refractivity contribution in [2.24, 2.45) is 0 Å². The van der Waals surface area contributed by atoms with E-state index in [-0.39, 0.29) is 17.3 Å². The number of carbonyl (C=O) groups excluding carboxylic acids is 1. The fourth-order valence-corrected chi connectivity index (χ4v) is 1.71. The summed E-state index contributed by atoms with van der Waals surface area (Å²) < 4.78 is 23.3. The number of nitrogens with zero attached hydrogens (tertiary/aromatic N) is 1. The third-order valence-electron chi connectivity index (χ3n) is 2.63. The lowest BCUT2D eigenvalue weighted by molar-refractivity contribution is 0.0596. The van der Waals surface area contributed by atoms with Crippen LogP contribution in [0.3, 0.4) is 0 Å². The highest BCUT2D eigenvalue weighted by molar-refractivity contribution is 5.93. The molecule has 0 aliphatic rings. The minimum Gasteiger partial charge on any atom is -0.480 e. The van der Waals surface area contributed by atoms with E-state index in [1.807, 2.05) is 0 Å². The molecule has 0 saturated heterocycles. The monoisotopic (exact) mass is 261 g/mol. The zero-order valence-electron chi connectivity index (χ0n) is 10.5. The number of esters is 1. The number of aromatic nitrogens is 1. The average molecular weight is 261 g/mol. The van der Waals surface area contributed by atoms with E-state index in [2.05, 4.69) is 9.72 Å². The maximum Gasteiger partial charge on any atom is 0.343 e. The number of rotatable bonds is 3. The number of benzene rings is 1. The molecule has 0 spiro atoms. The molecular weight excluding hydrogens is 249 g/mol. The van der Waals surface area contributed by atoms with Crippen molar-refractivity contribution >= 4 is 5.97 Å². The van der Waals surface area contributed by atoms with Gasteiger partial charge in [-0.1, -0.05) is 18.2 Å². The second-order valence-corrected chi connectivity index (χ2v) is 3.75. The molecule has 2 rings (SSSR count). The van der Waals surface area contributed by atoms with Crippen molar-refractivity contribution in [3.8, 4) is 17.0 Å². The summed E-state index contributed by atoms with van der Waals surface area (Å²) in [5.41, 5.74) is 1.01. The number of halogens is 1. The standard InChI is InChI=1S/C14H12FNO3/c1-18-13-11(14(17)19-2)7-9(8-16-13)10-5-3-4-6-12(10)15/h3-8H,1-2H3. The molecule has 0 bridgehead atoms. The van der Waals surface area contributed by atoms with Crippen LogP contribution in [0.5, 0.6) is 5.88 Å². The van der Waals surface area contributed by atoms with Crippen LogP contribution in [0.2, 0.25) is 0 Å². The predicted octanol–water partition coefficient (Wildman–Crippen LogP) is 2.68. The van der Waals surface area contributed by atoms with E-state index >= 15 is 0 Å². The van der Waals surface area contributed by atoms with E-state index in [9.17, 15) is 9.18 Å². The van der Waals surface area contributed by atoms with Crippen molar-refractivity contribution in [3.05, 3.63) is 47.9 Å². The van der Waals surface area contributed by atoms with Crippen LogP contribution in [-0.2, 0) is 4.74 Å². The Morgan fingerprint density at radius 3 is 2.63 bits per heavy atom. The van der Waals surface area contributed by atoms with Gasteiger partial charge in [0.1, 0.15) is 11.4 Å². The number of carbonyl (C=O) groups is 1. The molecule has 1 aromatic carbocycles. The van der Waals surface area contributed by atoms with Crippen molar-refractivity contribution in [2.75, 3.05) is 14.2 Å². The van der Waals surface area contributed by atoms with Crippen LogP contribution in [0.25, 0.3) is 11.1 Å². The molecular formula is C14H12FNO3. The maximum absolute atomic E-state index is 13.7. The molecule has 1 aromatic heterocycles. The Morgan fingerprint density at radius 2 is 2.00 bits per heavy atom. The molecule has 0 aliphatic carbocycles. The highest BCUT2D eigenvalue weighted by Crippen LogP contribution is 2.26.